The lowest BCUT2D eigenvalue weighted by Gasteiger charge is -2.12. The van der Waals surface area contributed by atoms with Crippen LogP contribution in [0, 0.1) is 6.92 Å². The highest BCUT2D eigenvalue weighted by Crippen LogP contribution is 2.27. The number of hydrogen-bond acceptors (Lipinski definition) is 3. The fourth-order valence-corrected chi connectivity index (χ4v) is 3.10. The Morgan fingerprint density at radius 1 is 0.963 bits per heavy atom. The Kier molecular flexibility index (Phi) is 4.34. The van der Waals surface area contributed by atoms with Gasteiger partial charge in [0.05, 0.1) is 24.1 Å². The number of ether oxygens (including phenoxy) is 1. The van der Waals surface area contributed by atoms with Gasteiger partial charge in [0.15, 0.2) is 0 Å². The van der Waals surface area contributed by atoms with Crippen molar-refractivity contribution in [2.24, 2.45) is 0 Å². The number of carbonyl (C=O) groups excluding carboxylic acids is 1. The van der Waals surface area contributed by atoms with Gasteiger partial charge in [-0.2, -0.15) is 5.10 Å². The van der Waals surface area contributed by atoms with Crippen LogP contribution in [0.1, 0.15) is 16.1 Å². The van der Waals surface area contributed by atoms with Gasteiger partial charge in [0.1, 0.15) is 11.6 Å². The van der Waals surface area contributed by atoms with Gasteiger partial charge in [0, 0.05) is 6.07 Å². The van der Waals surface area contributed by atoms with E-state index in [-0.39, 0.29) is 5.91 Å². The van der Waals surface area contributed by atoms with Gasteiger partial charge in [0.25, 0.3) is 5.91 Å². The summed E-state index contributed by atoms with van der Waals surface area (Å²) in [4.78, 5) is 13.0. The Labute approximate surface area is 157 Å². The van der Waals surface area contributed by atoms with Crippen LogP contribution in [0.25, 0.3) is 16.5 Å². The zero-order valence-electron chi connectivity index (χ0n) is 15.1. The van der Waals surface area contributed by atoms with E-state index in [2.05, 4.69) is 10.4 Å². The molecule has 0 saturated heterocycles. The minimum Gasteiger partial charge on any atom is -0.496 e. The summed E-state index contributed by atoms with van der Waals surface area (Å²) in [6.45, 7) is 1.89. The molecule has 1 aromatic heterocycles. The molecule has 0 aliphatic rings. The van der Waals surface area contributed by atoms with E-state index in [9.17, 15) is 4.79 Å². The molecule has 0 spiro atoms. The van der Waals surface area contributed by atoms with Crippen molar-refractivity contribution in [3.8, 4) is 11.4 Å². The lowest BCUT2D eigenvalue weighted by molar-refractivity contribution is 0.102. The number of carbonyl (C=O) groups is 1. The molecule has 0 aliphatic heterocycles. The smallest absolute Gasteiger partial charge is 0.260 e. The molecule has 1 N–H and O–H groups in total. The monoisotopic (exact) mass is 357 g/mol. The number of benzene rings is 3. The van der Waals surface area contributed by atoms with Crippen molar-refractivity contribution in [1.29, 1.82) is 0 Å². The number of rotatable bonds is 4. The standard InChI is InChI=1S/C22H19N3O2/c1-15-12-21(25(24-15)18-10-4-3-5-11-18)23-22(26)19-13-16-8-6-7-9-17(16)14-20(19)27-2/h3-14H,1-2H3,(H,23,26). The van der Waals surface area contributed by atoms with Gasteiger partial charge in [0.2, 0.25) is 0 Å². The minimum atomic E-state index is -0.241. The highest BCUT2D eigenvalue weighted by Gasteiger charge is 2.17. The van der Waals surface area contributed by atoms with Gasteiger partial charge in [-0.25, -0.2) is 4.68 Å². The maximum atomic E-state index is 13.0. The topological polar surface area (TPSA) is 56.1 Å². The molecule has 0 aliphatic carbocycles. The number of amides is 1. The predicted molar refractivity (Wildman–Crippen MR) is 107 cm³/mol. The molecule has 0 unspecified atom stereocenters. The number of nitrogens with zero attached hydrogens (tertiary/aromatic N) is 2. The van der Waals surface area contributed by atoms with E-state index in [0.717, 1.165) is 22.2 Å². The fourth-order valence-electron chi connectivity index (χ4n) is 3.10. The van der Waals surface area contributed by atoms with Crippen LogP contribution in [-0.2, 0) is 0 Å². The van der Waals surface area contributed by atoms with E-state index in [4.69, 9.17) is 4.74 Å². The molecule has 1 amide bonds. The maximum Gasteiger partial charge on any atom is 0.260 e. The molecule has 5 heteroatoms. The second-order valence-corrected chi connectivity index (χ2v) is 6.27. The molecule has 0 fully saturated rings. The van der Waals surface area contributed by atoms with Gasteiger partial charge in [-0.3, -0.25) is 4.79 Å². The van der Waals surface area contributed by atoms with E-state index in [1.807, 2.05) is 79.7 Å². The number of aryl methyl sites for hydroxylation is 1. The molecule has 5 nitrogen and oxygen atoms in total. The van der Waals surface area contributed by atoms with Crippen LogP contribution in [0.4, 0.5) is 5.82 Å². The second kappa shape index (κ2) is 6.96. The Morgan fingerprint density at radius 2 is 1.63 bits per heavy atom. The van der Waals surface area contributed by atoms with Gasteiger partial charge >= 0.3 is 0 Å². The van der Waals surface area contributed by atoms with Crippen LogP contribution in [0.5, 0.6) is 5.75 Å². The van der Waals surface area contributed by atoms with Crippen LogP contribution in [-0.4, -0.2) is 22.8 Å². The molecular formula is C22H19N3O2. The highest BCUT2D eigenvalue weighted by atomic mass is 16.5. The van der Waals surface area contributed by atoms with E-state index in [1.165, 1.54) is 0 Å². The molecule has 4 aromatic rings. The van der Waals surface area contributed by atoms with Gasteiger partial charge in [-0.1, -0.05) is 42.5 Å². The molecule has 4 rings (SSSR count). The molecular weight excluding hydrogens is 338 g/mol. The predicted octanol–water partition coefficient (Wildman–Crippen LogP) is 4.59. The molecule has 0 saturated carbocycles. The highest BCUT2D eigenvalue weighted by molar-refractivity contribution is 6.08. The van der Waals surface area contributed by atoms with Crippen LogP contribution >= 0.6 is 0 Å². The Morgan fingerprint density at radius 3 is 2.33 bits per heavy atom. The fraction of sp³-hybridized carbons (Fsp3) is 0.0909. The molecule has 3 aromatic carbocycles. The molecule has 1 heterocycles. The molecule has 27 heavy (non-hydrogen) atoms. The summed E-state index contributed by atoms with van der Waals surface area (Å²) >= 11 is 0. The zero-order chi connectivity index (χ0) is 18.8. The average molecular weight is 357 g/mol. The first kappa shape index (κ1) is 16.8. The average Bonchev–Trinajstić information content (AvgIpc) is 3.07. The third-order valence-electron chi connectivity index (χ3n) is 4.39. The number of nitrogens with one attached hydrogen (secondary N) is 1. The number of methoxy groups -OCH3 is 1. The van der Waals surface area contributed by atoms with Crippen molar-refractivity contribution in [3.05, 3.63) is 84.1 Å². The van der Waals surface area contributed by atoms with Crippen molar-refractivity contribution in [2.75, 3.05) is 12.4 Å². The number of hydrogen-bond donors (Lipinski definition) is 1. The summed E-state index contributed by atoms with van der Waals surface area (Å²) in [6.07, 6.45) is 0. The molecule has 0 bridgehead atoms. The lowest BCUT2D eigenvalue weighted by atomic mass is 10.1. The van der Waals surface area contributed by atoms with Crippen molar-refractivity contribution in [2.45, 2.75) is 6.92 Å². The lowest BCUT2D eigenvalue weighted by Crippen LogP contribution is -2.16. The summed E-state index contributed by atoms with van der Waals surface area (Å²) in [5.41, 5.74) is 2.18. The number of para-hydroxylation sites is 1. The summed E-state index contributed by atoms with van der Waals surface area (Å²) in [5, 5.41) is 9.46. The van der Waals surface area contributed by atoms with Crippen LogP contribution in [0.15, 0.2) is 72.8 Å². The molecule has 0 radical (unpaired) electrons. The summed E-state index contributed by atoms with van der Waals surface area (Å²) in [7, 11) is 1.57. The third kappa shape index (κ3) is 3.27. The van der Waals surface area contributed by atoms with Gasteiger partial charge < -0.3 is 10.1 Å². The first-order valence-corrected chi connectivity index (χ1v) is 8.66. The SMILES string of the molecule is COc1cc2ccccc2cc1C(=O)Nc1cc(C)nn1-c1ccccc1. The van der Waals surface area contributed by atoms with Crippen LogP contribution in [0.3, 0.4) is 0 Å². The van der Waals surface area contributed by atoms with Crippen molar-refractivity contribution >= 4 is 22.5 Å². The van der Waals surface area contributed by atoms with Crippen LogP contribution < -0.4 is 10.1 Å². The third-order valence-corrected chi connectivity index (χ3v) is 4.39. The second-order valence-electron chi connectivity index (χ2n) is 6.27. The Balaban J connectivity index is 1.72. The van der Waals surface area contributed by atoms with E-state index < -0.39 is 0 Å². The minimum absolute atomic E-state index is 0.241. The van der Waals surface area contributed by atoms with Crippen molar-refractivity contribution in [1.82, 2.24) is 9.78 Å². The largest absolute Gasteiger partial charge is 0.496 e. The van der Waals surface area contributed by atoms with E-state index >= 15 is 0 Å². The normalized spacial score (nSPS) is 10.7. The van der Waals surface area contributed by atoms with E-state index in [0.29, 0.717) is 17.1 Å². The Bertz CT molecular complexity index is 1120. The quantitative estimate of drug-likeness (QED) is 0.581. The van der Waals surface area contributed by atoms with Crippen molar-refractivity contribution in [3.63, 3.8) is 0 Å². The van der Waals surface area contributed by atoms with Gasteiger partial charge in [-0.05, 0) is 42.0 Å². The van der Waals surface area contributed by atoms with Crippen LogP contribution in [0.2, 0.25) is 0 Å². The summed E-state index contributed by atoms with van der Waals surface area (Å²) in [6, 6.07) is 23.1. The number of anilines is 1. The first-order valence-electron chi connectivity index (χ1n) is 8.66. The maximum absolute atomic E-state index is 13.0. The number of aromatic nitrogens is 2. The van der Waals surface area contributed by atoms with Gasteiger partial charge in [-0.15, -0.1) is 0 Å². The van der Waals surface area contributed by atoms with Crippen molar-refractivity contribution < 1.29 is 9.53 Å². The summed E-state index contributed by atoms with van der Waals surface area (Å²) in [5.74, 6) is 0.905. The molecule has 0 atom stereocenters. The number of fused-ring (bicyclic) bond motifs is 1. The molecule has 134 valence electrons. The van der Waals surface area contributed by atoms with E-state index in [1.54, 1.807) is 11.8 Å². The Hall–Kier alpha value is -3.60. The first-order chi connectivity index (χ1) is 13.2. The zero-order valence-corrected chi connectivity index (χ0v) is 15.1. The summed E-state index contributed by atoms with van der Waals surface area (Å²) < 4.78 is 7.17.